The molecule has 0 amide bonds. The molecule has 5 heteroatoms. The number of hydrogen-bond acceptors (Lipinski definition) is 5. The van der Waals surface area contributed by atoms with Crippen molar-refractivity contribution in [3.05, 3.63) is 48.2 Å². The van der Waals surface area contributed by atoms with Gasteiger partial charge in [-0.2, -0.15) is 0 Å². The highest BCUT2D eigenvalue weighted by atomic mass is 15.4. The Morgan fingerprint density at radius 3 is 2.58 bits per heavy atom. The molecule has 0 radical (unpaired) electrons. The van der Waals surface area contributed by atoms with Gasteiger partial charge in [0.1, 0.15) is 5.82 Å². The third-order valence-corrected chi connectivity index (χ3v) is 4.86. The predicted octanol–water partition coefficient (Wildman–Crippen LogP) is 2.21. The van der Waals surface area contributed by atoms with Crippen molar-refractivity contribution in [2.24, 2.45) is 0 Å². The first-order valence-electron chi connectivity index (χ1n) is 8.78. The lowest BCUT2D eigenvalue weighted by Gasteiger charge is -2.41. The highest BCUT2D eigenvalue weighted by Gasteiger charge is 2.25. The summed E-state index contributed by atoms with van der Waals surface area (Å²) in [6.07, 6.45) is 1.90. The number of nitrogens with one attached hydrogen (secondary N) is 1. The molecule has 5 nitrogen and oxygen atoms in total. The Hall–Kier alpha value is -2.11. The van der Waals surface area contributed by atoms with Gasteiger partial charge in [0.05, 0.1) is 18.0 Å². The summed E-state index contributed by atoms with van der Waals surface area (Å²) in [4.78, 5) is 12.0. The first kappa shape index (κ1) is 15.4. The van der Waals surface area contributed by atoms with Crippen LogP contribution < -0.4 is 15.1 Å². The molecule has 0 saturated carbocycles. The van der Waals surface area contributed by atoms with E-state index in [4.69, 9.17) is 0 Å². The minimum atomic E-state index is 0.972. The average Bonchev–Trinajstić information content (AvgIpc) is 2.63. The first-order valence-corrected chi connectivity index (χ1v) is 8.78. The molecule has 0 unspecified atom stereocenters. The van der Waals surface area contributed by atoms with Gasteiger partial charge in [-0.25, -0.2) is 4.98 Å². The number of nitrogens with zero attached hydrogens (tertiary/aromatic N) is 4. The van der Waals surface area contributed by atoms with Crippen molar-refractivity contribution in [2.45, 2.75) is 6.92 Å². The number of para-hydroxylation sites is 2. The maximum absolute atomic E-state index is 4.59. The second-order valence-corrected chi connectivity index (χ2v) is 6.60. The van der Waals surface area contributed by atoms with Gasteiger partial charge >= 0.3 is 0 Å². The number of rotatable bonds is 3. The van der Waals surface area contributed by atoms with Crippen LogP contribution in [0.15, 0.2) is 42.6 Å². The minimum absolute atomic E-state index is 0.972. The van der Waals surface area contributed by atoms with E-state index in [1.165, 1.54) is 16.9 Å². The van der Waals surface area contributed by atoms with Gasteiger partial charge in [-0.05, 0) is 36.8 Å². The predicted molar refractivity (Wildman–Crippen MR) is 99.1 cm³/mol. The summed E-state index contributed by atoms with van der Waals surface area (Å²) in [6.45, 7) is 9.56. The third-order valence-electron chi connectivity index (χ3n) is 4.86. The number of anilines is 3. The second-order valence-electron chi connectivity index (χ2n) is 6.60. The van der Waals surface area contributed by atoms with E-state index in [2.05, 4.69) is 68.3 Å². The van der Waals surface area contributed by atoms with Gasteiger partial charge in [0.15, 0.2) is 0 Å². The van der Waals surface area contributed by atoms with Crippen LogP contribution in [0.5, 0.6) is 0 Å². The number of piperazine rings is 1. The van der Waals surface area contributed by atoms with Crippen LogP contribution in [0.1, 0.15) is 5.56 Å². The highest BCUT2D eigenvalue weighted by molar-refractivity contribution is 5.78. The molecule has 1 N–H and O–H groups in total. The number of benzene rings is 1. The molecule has 4 rings (SSSR count). The van der Waals surface area contributed by atoms with Gasteiger partial charge in [0, 0.05) is 45.5 Å². The van der Waals surface area contributed by atoms with Gasteiger partial charge < -0.3 is 15.1 Å². The van der Waals surface area contributed by atoms with Crippen LogP contribution in [0.3, 0.4) is 0 Å². The molecule has 2 aliphatic rings. The smallest absolute Gasteiger partial charge is 0.133 e. The van der Waals surface area contributed by atoms with Crippen molar-refractivity contribution in [1.29, 1.82) is 0 Å². The van der Waals surface area contributed by atoms with Gasteiger partial charge in [0.2, 0.25) is 0 Å². The molecule has 1 fully saturated rings. The van der Waals surface area contributed by atoms with E-state index in [9.17, 15) is 0 Å². The molecule has 126 valence electrons. The van der Waals surface area contributed by atoms with Crippen LogP contribution >= 0.6 is 0 Å². The summed E-state index contributed by atoms with van der Waals surface area (Å²) in [5.74, 6) is 1.05. The zero-order valence-corrected chi connectivity index (χ0v) is 14.3. The van der Waals surface area contributed by atoms with Crippen LogP contribution in [0, 0.1) is 6.92 Å². The summed E-state index contributed by atoms with van der Waals surface area (Å²) in [5, 5.41) is 3.43. The zero-order chi connectivity index (χ0) is 16.4. The number of aromatic nitrogens is 1. The molecule has 2 aromatic rings. The van der Waals surface area contributed by atoms with Gasteiger partial charge in [-0.3, -0.25) is 4.90 Å². The zero-order valence-electron chi connectivity index (χ0n) is 14.3. The van der Waals surface area contributed by atoms with Crippen molar-refractivity contribution in [2.75, 3.05) is 55.7 Å². The molecule has 3 heterocycles. The fourth-order valence-corrected chi connectivity index (χ4v) is 3.57. The van der Waals surface area contributed by atoms with E-state index in [0.717, 1.165) is 51.8 Å². The molecule has 1 aromatic carbocycles. The quantitative estimate of drug-likeness (QED) is 0.937. The Morgan fingerprint density at radius 2 is 1.79 bits per heavy atom. The average molecular weight is 323 g/mol. The van der Waals surface area contributed by atoms with E-state index >= 15 is 0 Å². The topological polar surface area (TPSA) is 34.6 Å². The molecular weight excluding hydrogens is 298 g/mol. The Labute approximate surface area is 143 Å². The Balaban J connectivity index is 1.60. The summed E-state index contributed by atoms with van der Waals surface area (Å²) in [7, 11) is 0. The molecule has 0 spiro atoms. The highest BCUT2D eigenvalue weighted by Crippen LogP contribution is 2.36. The van der Waals surface area contributed by atoms with Crippen LogP contribution in [0.4, 0.5) is 17.2 Å². The fourth-order valence-electron chi connectivity index (χ4n) is 3.57. The Kier molecular flexibility index (Phi) is 4.36. The first-order chi connectivity index (χ1) is 11.8. The van der Waals surface area contributed by atoms with E-state index in [1.807, 2.05) is 6.20 Å². The van der Waals surface area contributed by atoms with E-state index in [0.29, 0.717) is 0 Å². The van der Waals surface area contributed by atoms with Crippen LogP contribution in [0.2, 0.25) is 0 Å². The molecule has 1 saturated heterocycles. The van der Waals surface area contributed by atoms with E-state index in [-0.39, 0.29) is 0 Å². The van der Waals surface area contributed by atoms with E-state index < -0.39 is 0 Å². The largest absolute Gasteiger partial charge is 0.355 e. The second kappa shape index (κ2) is 6.79. The van der Waals surface area contributed by atoms with Crippen LogP contribution in [0.25, 0.3) is 0 Å². The van der Waals surface area contributed by atoms with Crippen molar-refractivity contribution >= 4 is 17.2 Å². The molecule has 24 heavy (non-hydrogen) atoms. The van der Waals surface area contributed by atoms with Gasteiger partial charge in [-0.15, -0.1) is 0 Å². The molecule has 0 bridgehead atoms. The lowest BCUT2D eigenvalue weighted by atomic mass is 10.1. The number of aryl methyl sites for hydroxylation is 1. The normalized spacial score (nSPS) is 18.5. The lowest BCUT2D eigenvalue weighted by molar-refractivity contribution is 0.240. The van der Waals surface area contributed by atoms with Crippen LogP contribution in [-0.4, -0.2) is 55.8 Å². The summed E-state index contributed by atoms with van der Waals surface area (Å²) in [5.41, 5.74) is 3.82. The van der Waals surface area contributed by atoms with Crippen molar-refractivity contribution < 1.29 is 0 Å². The standard InChI is InChI=1S/C19H25N5/c1-16-6-7-21-19(14-16)24-13-12-23(15-22-10-8-20-9-11-22)17-4-2-3-5-18(17)24/h2-7,14,20H,8-13,15H2,1H3. The SMILES string of the molecule is Cc1ccnc(N2CCN(CN3CCNCC3)c3ccccc32)c1. The van der Waals surface area contributed by atoms with Gasteiger partial charge in [-0.1, -0.05) is 12.1 Å². The van der Waals surface area contributed by atoms with Crippen LogP contribution in [-0.2, 0) is 0 Å². The van der Waals surface area contributed by atoms with Crippen molar-refractivity contribution in [1.82, 2.24) is 15.2 Å². The fraction of sp³-hybridized carbons (Fsp3) is 0.421. The maximum atomic E-state index is 4.59. The maximum Gasteiger partial charge on any atom is 0.133 e. The molecule has 0 aliphatic carbocycles. The lowest BCUT2D eigenvalue weighted by Crippen LogP contribution is -2.50. The van der Waals surface area contributed by atoms with E-state index in [1.54, 1.807) is 0 Å². The number of pyridine rings is 1. The minimum Gasteiger partial charge on any atom is -0.355 e. The monoisotopic (exact) mass is 323 g/mol. The molecular formula is C19H25N5. The van der Waals surface area contributed by atoms with Gasteiger partial charge in [0.25, 0.3) is 0 Å². The number of fused-ring (bicyclic) bond motifs is 1. The third kappa shape index (κ3) is 3.09. The summed E-state index contributed by atoms with van der Waals surface area (Å²) >= 11 is 0. The van der Waals surface area contributed by atoms with Crippen molar-refractivity contribution in [3.8, 4) is 0 Å². The molecule has 2 aliphatic heterocycles. The number of hydrogen-bond donors (Lipinski definition) is 1. The molecule has 1 aromatic heterocycles. The Bertz CT molecular complexity index is 696. The summed E-state index contributed by atoms with van der Waals surface area (Å²) < 4.78 is 0. The summed E-state index contributed by atoms with van der Waals surface area (Å²) in [6, 6.07) is 12.9. The Morgan fingerprint density at radius 1 is 1.00 bits per heavy atom. The molecule has 0 atom stereocenters. The van der Waals surface area contributed by atoms with Crippen molar-refractivity contribution in [3.63, 3.8) is 0 Å².